The molecule has 1 aromatic carbocycles. The fourth-order valence-corrected chi connectivity index (χ4v) is 4.04. The van der Waals surface area contributed by atoms with Crippen LogP contribution in [0.2, 0.25) is 0 Å². The third-order valence-electron chi connectivity index (χ3n) is 2.88. The van der Waals surface area contributed by atoms with Crippen molar-refractivity contribution in [1.29, 1.82) is 0 Å². The second-order valence-corrected chi connectivity index (χ2v) is 8.49. The molecule has 0 aromatic heterocycles. The van der Waals surface area contributed by atoms with Gasteiger partial charge in [0, 0.05) is 6.04 Å². The van der Waals surface area contributed by atoms with Crippen LogP contribution < -0.4 is 4.72 Å². The van der Waals surface area contributed by atoms with Crippen molar-refractivity contribution >= 4 is 26.0 Å². The van der Waals surface area contributed by atoms with Crippen LogP contribution in [-0.2, 0) is 24.8 Å². The van der Waals surface area contributed by atoms with Gasteiger partial charge < -0.3 is 5.11 Å². The van der Waals surface area contributed by atoms with Gasteiger partial charge in [0.1, 0.15) is 6.54 Å². The quantitative estimate of drug-likeness (QED) is 0.718. The number of carboxylic acid groups (broad SMARTS) is 1. The fourth-order valence-electron chi connectivity index (χ4n) is 1.72. The predicted octanol–water partition coefficient (Wildman–Crippen LogP) is 0.0784. The minimum absolute atomic E-state index is 0.0803. The van der Waals surface area contributed by atoms with Crippen LogP contribution in [0.15, 0.2) is 34.1 Å². The van der Waals surface area contributed by atoms with E-state index in [4.69, 9.17) is 5.11 Å². The molecule has 22 heavy (non-hydrogen) atoms. The Bertz CT molecular complexity index is 738. The van der Waals surface area contributed by atoms with Gasteiger partial charge in [-0.1, -0.05) is 0 Å². The molecule has 1 rings (SSSR count). The molecule has 0 bridgehead atoms. The lowest BCUT2D eigenvalue weighted by molar-refractivity contribution is -0.137. The Morgan fingerprint density at radius 3 is 1.95 bits per heavy atom. The number of aliphatic carboxylic acids is 1. The van der Waals surface area contributed by atoms with E-state index in [9.17, 15) is 21.6 Å². The average Bonchev–Trinajstić information content (AvgIpc) is 2.44. The second kappa shape index (κ2) is 6.73. The van der Waals surface area contributed by atoms with Crippen molar-refractivity contribution in [1.82, 2.24) is 9.03 Å². The summed E-state index contributed by atoms with van der Waals surface area (Å²) < 4.78 is 51.0. The molecule has 0 radical (unpaired) electrons. The molecular weight excluding hydrogens is 332 g/mol. The third kappa shape index (κ3) is 4.03. The number of nitrogens with one attached hydrogen (secondary N) is 1. The first-order valence-electron chi connectivity index (χ1n) is 6.29. The lowest BCUT2D eigenvalue weighted by Crippen LogP contribution is -2.40. The molecule has 0 aliphatic rings. The SMILES string of the molecule is CNS(=O)(=O)c1ccc(S(=O)(=O)N(CC(=O)O)C(C)C)cc1. The van der Waals surface area contributed by atoms with E-state index >= 15 is 0 Å². The first-order valence-corrected chi connectivity index (χ1v) is 9.22. The molecule has 0 amide bonds. The lowest BCUT2D eigenvalue weighted by atomic mass is 10.4. The van der Waals surface area contributed by atoms with Crippen LogP contribution in [0, 0.1) is 0 Å². The standard InChI is InChI=1S/C12H18N2O6S2/c1-9(2)14(8-12(15)16)22(19,20)11-6-4-10(5-7-11)21(17,18)13-3/h4-7,9,13H,8H2,1-3H3,(H,15,16). The monoisotopic (exact) mass is 350 g/mol. The summed E-state index contributed by atoms with van der Waals surface area (Å²) in [5.74, 6) is -1.27. The van der Waals surface area contributed by atoms with Gasteiger partial charge in [0.15, 0.2) is 0 Å². The van der Waals surface area contributed by atoms with Gasteiger partial charge in [0.25, 0.3) is 0 Å². The van der Waals surface area contributed by atoms with Gasteiger partial charge in [-0.05, 0) is 45.2 Å². The highest BCUT2D eigenvalue weighted by Gasteiger charge is 2.29. The van der Waals surface area contributed by atoms with Crippen LogP contribution in [0.1, 0.15) is 13.8 Å². The number of nitrogens with zero attached hydrogens (tertiary/aromatic N) is 1. The summed E-state index contributed by atoms with van der Waals surface area (Å²) in [6, 6.07) is 4.02. The predicted molar refractivity (Wildman–Crippen MR) is 79.4 cm³/mol. The Morgan fingerprint density at radius 2 is 1.59 bits per heavy atom. The number of benzene rings is 1. The van der Waals surface area contributed by atoms with Crippen LogP contribution in [0.25, 0.3) is 0 Å². The molecule has 2 N–H and O–H groups in total. The Balaban J connectivity index is 3.25. The van der Waals surface area contributed by atoms with Crippen molar-refractivity contribution in [2.75, 3.05) is 13.6 Å². The number of carbonyl (C=O) groups is 1. The highest BCUT2D eigenvalue weighted by molar-refractivity contribution is 7.89. The van der Waals surface area contributed by atoms with E-state index in [1.807, 2.05) is 0 Å². The van der Waals surface area contributed by atoms with E-state index in [0.717, 1.165) is 28.6 Å². The van der Waals surface area contributed by atoms with E-state index < -0.39 is 38.6 Å². The lowest BCUT2D eigenvalue weighted by Gasteiger charge is -2.24. The van der Waals surface area contributed by atoms with Crippen molar-refractivity contribution in [3.8, 4) is 0 Å². The summed E-state index contributed by atoms with van der Waals surface area (Å²) in [4.78, 5) is 10.6. The van der Waals surface area contributed by atoms with Crippen LogP contribution in [0.5, 0.6) is 0 Å². The Kier molecular flexibility index (Phi) is 5.68. The summed E-state index contributed by atoms with van der Waals surface area (Å²) in [6.07, 6.45) is 0. The Morgan fingerprint density at radius 1 is 1.14 bits per heavy atom. The maximum Gasteiger partial charge on any atom is 0.318 e. The molecule has 0 heterocycles. The highest BCUT2D eigenvalue weighted by Crippen LogP contribution is 2.20. The number of hydrogen-bond donors (Lipinski definition) is 2. The molecule has 8 nitrogen and oxygen atoms in total. The van der Waals surface area contributed by atoms with Crippen LogP contribution in [0.3, 0.4) is 0 Å². The van der Waals surface area contributed by atoms with E-state index in [2.05, 4.69) is 4.72 Å². The molecule has 0 saturated heterocycles. The Labute approximate surface area is 129 Å². The van der Waals surface area contributed by atoms with E-state index in [0.29, 0.717) is 0 Å². The van der Waals surface area contributed by atoms with Gasteiger partial charge >= 0.3 is 5.97 Å². The minimum atomic E-state index is -4.03. The first kappa shape index (κ1) is 18.6. The molecule has 0 fully saturated rings. The van der Waals surface area contributed by atoms with Crippen LogP contribution in [0.4, 0.5) is 0 Å². The van der Waals surface area contributed by atoms with Gasteiger partial charge in [0.2, 0.25) is 20.0 Å². The van der Waals surface area contributed by atoms with E-state index in [1.165, 1.54) is 7.05 Å². The van der Waals surface area contributed by atoms with E-state index in [-0.39, 0.29) is 9.79 Å². The topological polar surface area (TPSA) is 121 Å². The van der Waals surface area contributed by atoms with E-state index in [1.54, 1.807) is 13.8 Å². The molecule has 124 valence electrons. The van der Waals surface area contributed by atoms with Crippen molar-refractivity contribution in [2.24, 2.45) is 0 Å². The zero-order chi connectivity index (χ0) is 17.1. The summed E-state index contributed by atoms with van der Waals surface area (Å²) in [6.45, 7) is 2.44. The van der Waals surface area contributed by atoms with Gasteiger partial charge in [-0.3, -0.25) is 4.79 Å². The van der Waals surface area contributed by atoms with Gasteiger partial charge in [0.05, 0.1) is 9.79 Å². The molecule has 0 spiro atoms. The zero-order valence-corrected chi connectivity index (χ0v) is 14.0. The maximum atomic E-state index is 12.4. The molecular formula is C12H18N2O6S2. The number of hydrogen-bond acceptors (Lipinski definition) is 5. The number of sulfonamides is 2. The molecule has 1 aromatic rings. The maximum absolute atomic E-state index is 12.4. The smallest absolute Gasteiger partial charge is 0.318 e. The van der Waals surface area contributed by atoms with Crippen molar-refractivity contribution in [2.45, 2.75) is 29.7 Å². The van der Waals surface area contributed by atoms with Gasteiger partial charge in [-0.15, -0.1) is 0 Å². The summed E-state index contributed by atoms with van der Waals surface area (Å²) in [5.41, 5.74) is 0. The number of rotatable bonds is 7. The van der Waals surface area contributed by atoms with Crippen molar-refractivity contribution in [3.63, 3.8) is 0 Å². The molecule has 0 unspecified atom stereocenters. The highest BCUT2D eigenvalue weighted by atomic mass is 32.2. The minimum Gasteiger partial charge on any atom is -0.480 e. The fraction of sp³-hybridized carbons (Fsp3) is 0.417. The summed E-state index contributed by atoms with van der Waals surface area (Å²) in [5, 5.41) is 8.83. The summed E-state index contributed by atoms with van der Waals surface area (Å²) in [7, 11) is -6.45. The van der Waals surface area contributed by atoms with Crippen LogP contribution in [-0.4, -0.2) is 51.9 Å². The molecule has 0 aliphatic carbocycles. The molecule has 0 saturated carbocycles. The average molecular weight is 350 g/mol. The largest absolute Gasteiger partial charge is 0.480 e. The second-order valence-electron chi connectivity index (χ2n) is 4.72. The molecule has 10 heteroatoms. The molecule has 0 atom stereocenters. The van der Waals surface area contributed by atoms with Crippen LogP contribution >= 0.6 is 0 Å². The Hall–Kier alpha value is -1.49. The third-order valence-corrected chi connectivity index (χ3v) is 6.34. The summed E-state index contributed by atoms with van der Waals surface area (Å²) >= 11 is 0. The van der Waals surface area contributed by atoms with Crippen molar-refractivity contribution < 1.29 is 26.7 Å². The first-order chi connectivity index (χ1) is 10.0. The zero-order valence-electron chi connectivity index (χ0n) is 12.3. The van der Waals surface area contributed by atoms with Crippen molar-refractivity contribution in [3.05, 3.63) is 24.3 Å². The number of carboxylic acids is 1. The molecule has 0 aliphatic heterocycles. The van der Waals surface area contributed by atoms with Gasteiger partial charge in [-0.25, -0.2) is 21.6 Å². The van der Waals surface area contributed by atoms with Gasteiger partial charge in [-0.2, -0.15) is 4.31 Å². The normalized spacial score (nSPS) is 12.8.